The van der Waals surface area contributed by atoms with Gasteiger partial charge in [-0.3, -0.25) is 9.69 Å². The number of hydrogen-bond donors (Lipinski definition) is 1. The van der Waals surface area contributed by atoms with Crippen molar-refractivity contribution in [1.29, 1.82) is 0 Å². The van der Waals surface area contributed by atoms with Gasteiger partial charge in [0.2, 0.25) is 0 Å². The number of carbonyl (C=O) groups excluding carboxylic acids is 2. The molecule has 0 aliphatic carbocycles. The first-order chi connectivity index (χ1) is 14.5. The van der Waals surface area contributed by atoms with Crippen LogP contribution < -0.4 is 5.32 Å². The highest BCUT2D eigenvalue weighted by molar-refractivity contribution is 6.30. The Bertz CT molecular complexity index is 849. The van der Waals surface area contributed by atoms with Crippen LogP contribution in [0, 0.1) is 0 Å². The lowest BCUT2D eigenvalue weighted by molar-refractivity contribution is -0.123. The second-order valence-electron chi connectivity index (χ2n) is 7.37. The number of halogens is 1. The second-order valence-corrected chi connectivity index (χ2v) is 7.80. The quantitative estimate of drug-likeness (QED) is 0.732. The summed E-state index contributed by atoms with van der Waals surface area (Å²) >= 11 is 5.98. The van der Waals surface area contributed by atoms with Crippen molar-refractivity contribution < 1.29 is 14.3 Å². The van der Waals surface area contributed by atoms with Crippen LogP contribution in [0.2, 0.25) is 5.02 Å². The standard InChI is InChI=1S/C23H28ClN3O3/c1-25-22(28)17-30-23(29)27-14-12-26(13-15-27)11-3-5-18-4-2-6-20(16-18)19-7-9-21(24)10-8-19/h2,4,6-10,16H,3,5,11-15,17H2,1H3,(H,25,28). The van der Waals surface area contributed by atoms with Crippen LogP contribution in [-0.4, -0.2) is 68.2 Å². The summed E-state index contributed by atoms with van der Waals surface area (Å²) < 4.78 is 5.01. The fourth-order valence-electron chi connectivity index (χ4n) is 3.50. The average molecular weight is 430 g/mol. The van der Waals surface area contributed by atoms with E-state index < -0.39 is 6.09 Å². The van der Waals surface area contributed by atoms with Crippen molar-refractivity contribution >= 4 is 23.6 Å². The molecule has 6 nitrogen and oxygen atoms in total. The molecule has 1 N–H and O–H groups in total. The van der Waals surface area contributed by atoms with Gasteiger partial charge in [-0.25, -0.2) is 4.79 Å². The summed E-state index contributed by atoms with van der Waals surface area (Å²) in [5, 5.41) is 3.18. The molecule has 0 aromatic heterocycles. The van der Waals surface area contributed by atoms with Gasteiger partial charge >= 0.3 is 6.09 Å². The lowest BCUT2D eigenvalue weighted by Gasteiger charge is -2.34. The van der Waals surface area contributed by atoms with Gasteiger partial charge in [-0.05, 0) is 48.2 Å². The molecule has 160 valence electrons. The van der Waals surface area contributed by atoms with Crippen molar-refractivity contribution in [3.05, 3.63) is 59.1 Å². The van der Waals surface area contributed by atoms with Crippen LogP contribution in [0.25, 0.3) is 11.1 Å². The zero-order valence-corrected chi connectivity index (χ0v) is 18.0. The smallest absolute Gasteiger partial charge is 0.410 e. The fraction of sp³-hybridized carbons (Fsp3) is 0.391. The fourth-order valence-corrected chi connectivity index (χ4v) is 3.63. The van der Waals surface area contributed by atoms with Gasteiger partial charge in [-0.15, -0.1) is 0 Å². The summed E-state index contributed by atoms with van der Waals surface area (Å²) in [5.74, 6) is -0.304. The van der Waals surface area contributed by atoms with Crippen LogP contribution in [0.5, 0.6) is 0 Å². The molecule has 0 radical (unpaired) electrons. The third-order valence-corrected chi connectivity index (χ3v) is 5.53. The van der Waals surface area contributed by atoms with E-state index in [2.05, 4.69) is 34.5 Å². The number of hydrogen-bond acceptors (Lipinski definition) is 4. The van der Waals surface area contributed by atoms with Crippen LogP contribution in [-0.2, 0) is 16.0 Å². The Hall–Kier alpha value is -2.57. The van der Waals surface area contributed by atoms with Crippen molar-refractivity contribution in [3.8, 4) is 11.1 Å². The largest absolute Gasteiger partial charge is 0.439 e. The minimum atomic E-state index is -0.419. The first-order valence-corrected chi connectivity index (χ1v) is 10.6. The van der Waals surface area contributed by atoms with Crippen molar-refractivity contribution in [1.82, 2.24) is 15.1 Å². The average Bonchev–Trinajstić information content (AvgIpc) is 2.78. The number of amides is 2. The maximum absolute atomic E-state index is 12.0. The molecule has 2 aromatic carbocycles. The molecular formula is C23H28ClN3O3. The van der Waals surface area contributed by atoms with Crippen LogP contribution in [0.15, 0.2) is 48.5 Å². The number of ether oxygens (including phenoxy) is 1. The Morgan fingerprint density at radius 3 is 2.47 bits per heavy atom. The molecule has 2 amide bonds. The van der Waals surface area contributed by atoms with Gasteiger partial charge in [-0.1, -0.05) is 48.0 Å². The van der Waals surface area contributed by atoms with E-state index in [4.69, 9.17) is 16.3 Å². The number of likely N-dealkylation sites (N-methyl/N-ethyl adjacent to an activating group) is 1. The summed E-state index contributed by atoms with van der Waals surface area (Å²) in [7, 11) is 1.52. The minimum Gasteiger partial charge on any atom is -0.439 e. The van der Waals surface area contributed by atoms with E-state index in [0.717, 1.165) is 37.5 Å². The molecule has 3 rings (SSSR count). The SMILES string of the molecule is CNC(=O)COC(=O)N1CCN(CCCc2cccc(-c3ccc(Cl)cc3)c2)CC1. The van der Waals surface area contributed by atoms with Gasteiger partial charge in [0, 0.05) is 38.2 Å². The predicted molar refractivity (Wildman–Crippen MR) is 119 cm³/mol. The maximum atomic E-state index is 12.0. The number of carbonyl (C=O) groups is 2. The van der Waals surface area contributed by atoms with Gasteiger partial charge in [0.05, 0.1) is 0 Å². The molecule has 0 saturated carbocycles. The zero-order chi connectivity index (χ0) is 21.3. The Labute approximate surface area is 182 Å². The normalized spacial score (nSPS) is 14.4. The Morgan fingerprint density at radius 1 is 1.03 bits per heavy atom. The number of nitrogens with zero attached hydrogens (tertiary/aromatic N) is 2. The Kier molecular flexibility index (Phi) is 8.11. The Balaban J connectivity index is 1.40. The number of rotatable bonds is 7. The molecule has 2 aromatic rings. The molecule has 1 aliphatic heterocycles. The van der Waals surface area contributed by atoms with Gasteiger partial charge < -0.3 is 15.0 Å². The van der Waals surface area contributed by atoms with Crippen LogP contribution in [0.4, 0.5) is 4.79 Å². The maximum Gasteiger partial charge on any atom is 0.410 e. The number of benzene rings is 2. The van der Waals surface area contributed by atoms with Crippen LogP contribution in [0.1, 0.15) is 12.0 Å². The number of piperazine rings is 1. The highest BCUT2D eigenvalue weighted by Gasteiger charge is 2.22. The van der Waals surface area contributed by atoms with Crippen molar-refractivity contribution in [3.63, 3.8) is 0 Å². The zero-order valence-electron chi connectivity index (χ0n) is 17.3. The van der Waals surface area contributed by atoms with E-state index in [-0.39, 0.29) is 12.5 Å². The second kappa shape index (κ2) is 11.0. The highest BCUT2D eigenvalue weighted by Crippen LogP contribution is 2.23. The lowest BCUT2D eigenvalue weighted by atomic mass is 10.0. The molecule has 0 unspecified atom stereocenters. The molecule has 1 fully saturated rings. The third-order valence-electron chi connectivity index (χ3n) is 5.28. The molecule has 1 aliphatic rings. The van der Waals surface area contributed by atoms with Crippen molar-refractivity contribution in [2.45, 2.75) is 12.8 Å². The topological polar surface area (TPSA) is 61.9 Å². The van der Waals surface area contributed by atoms with Gasteiger partial charge in [0.1, 0.15) is 0 Å². The summed E-state index contributed by atoms with van der Waals surface area (Å²) in [6, 6.07) is 16.5. The van der Waals surface area contributed by atoms with E-state index >= 15 is 0 Å². The van der Waals surface area contributed by atoms with Crippen molar-refractivity contribution in [2.75, 3.05) is 46.4 Å². The summed E-state index contributed by atoms with van der Waals surface area (Å²) in [6.07, 6.45) is 1.65. The van der Waals surface area contributed by atoms with E-state index in [1.807, 2.05) is 24.3 Å². The Morgan fingerprint density at radius 2 is 1.77 bits per heavy atom. The van der Waals surface area contributed by atoms with Crippen molar-refractivity contribution in [2.24, 2.45) is 0 Å². The van der Waals surface area contributed by atoms with Gasteiger partial charge in [0.25, 0.3) is 5.91 Å². The van der Waals surface area contributed by atoms with Crippen LogP contribution in [0.3, 0.4) is 0 Å². The molecule has 7 heteroatoms. The first kappa shape index (κ1) is 22.1. The van der Waals surface area contributed by atoms with Crippen LogP contribution >= 0.6 is 11.6 Å². The predicted octanol–water partition coefficient (Wildman–Crippen LogP) is 3.44. The number of aryl methyl sites for hydroxylation is 1. The lowest BCUT2D eigenvalue weighted by Crippen LogP contribution is -2.49. The highest BCUT2D eigenvalue weighted by atomic mass is 35.5. The molecule has 0 bridgehead atoms. The third kappa shape index (κ3) is 6.47. The monoisotopic (exact) mass is 429 g/mol. The van der Waals surface area contributed by atoms with Gasteiger partial charge in [0.15, 0.2) is 6.61 Å². The summed E-state index contributed by atoms with van der Waals surface area (Å²) in [5.41, 5.74) is 3.69. The van der Waals surface area contributed by atoms with E-state index in [1.165, 1.54) is 23.7 Å². The van der Waals surface area contributed by atoms with E-state index in [9.17, 15) is 9.59 Å². The number of nitrogens with one attached hydrogen (secondary N) is 1. The molecule has 0 atom stereocenters. The summed E-state index contributed by atoms with van der Waals surface area (Å²) in [4.78, 5) is 27.2. The molecule has 0 spiro atoms. The van der Waals surface area contributed by atoms with E-state index in [0.29, 0.717) is 13.1 Å². The molecule has 1 heterocycles. The van der Waals surface area contributed by atoms with Gasteiger partial charge in [-0.2, -0.15) is 0 Å². The summed E-state index contributed by atoms with van der Waals surface area (Å²) in [6.45, 7) is 3.65. The minimum absolute atomic E-state index is 0.232. The van der Waals surface area contributed by atoms with E-state index in [1.54, 1.807) is 4.90 Å². The molecule has 1 saturated heterocycles. The molecule has 30 heavy (non-hydrogen) atoms. The first-order valence-electron chi connectivity index (χ1n) is 10.2. The molecular weight excluding hydrogens is 402 g/mol.